The van der Waals surface area contributed by atoms with Crippen molar-refractivity contribution in [3.05, 3.63) is 40.1 Å². The Morgan fingerprint density at radius 1 is 1.14 bits per heavy atom. The maximum Gasteiger partial charge on any atom is 0.354 e. The van der Waals surface area contributed by atoms with Crippen molar-refractivity contribution in [1.82, 2.24) is 19.4 Å². The molecule has 0 saturated carbocycles. The largest absolute Gasteiger partial charge is 0.477 e. The van der Waals surface area contributed by atoms with Gasteiger partial charge in [0.15, 0.2) is 5.03 Å². The highest BCUT2D eigenvalue weighted by Crippen LogP contribution is 2.44. The van der Waals surface area contributed by atoms with Crippen molar-refractivity contribution >= 4 is 27.7 Å². The summed E-state index contributed by atoms with van der Waals surface area (Å²) in [5, 5.41) is 33.9. The number of hydrogen-bond acceptors (Lipinski definition) is 8. The molecule has 35 heavy (non-hydrogen) atoms. The molecular weight excluding hydrogens is 478 g/mol. The molecule has 1 unspecified atom stereocenters. The molecule has 0 radical (unpaired) electrons. The zero-order valence-corrected chi connectivity index (χ0v) is 20.1. The molecule has 0 bridgehead atoms. The molecule has 1 aromatic heterocycles. The second kappa shape index (κ2) is 9.93. The smallest absolute Gasteiger partial charge is 0.354 e. The van der Waals surface area contributed by atoms with E-state index in [0.717, 1.165) is 58.7 Å². The number of urea groups is 1. The van der Waals surface area contributed by atoms with E-state index >= 15 is 0 Å². The van der Waals surface area contributed by atoms with Crippen LogP contribution in [-0.2, 0) is 36.3 Å². The van der Waals surface area contributed by atoms with Crippen molar-refractivity contribution in [2.75, 3.05) is 31.6 Å². The minimum atomic E-state index is -4.40. The van der Waals surface area contributed by atoms with Crippen LogP contribution in [0.1, 0.15) is 51.6 Å². The van der Waals surface area contributed by atoms with E-state index in [1.54, 1.807) is 0 Å². The number of benzene rings is 1. The number of carbonyl (C=O) groups is 2. The third-order valence-electron chi connectivity index (χ3n) is 6.60. The van der Waals surface area contributed by atoms with E-state index in [1.165, 1.54) is 7.05 Å². The number of anilines is 1. The third-order valence-corrected chi connectivity index (χ3v) is 7.81. The number of carbonyl (C=O) groups excluding carboxylic acids is 1. The van der Waals surface area contributed by atoms with E-state index < -0.39 is 27.0 Å². The number of sulfonamides is 1. The van der Waals surface area contributed by atoms with Gasteiger partial charge in [-0.05, 0) is 54.4 Å². The number of aliphatic hydroxyl groups is 2. The first-order valence-corrected chi connectivity index (χ1v) is 12.9. The van der Waals surface area contributed by atoms with Crippen molar-refractivity contribution < 1.29 is 33.3 Å². The first-order valence-electron chi connectivity index (χ1n) is 11.4. The number of aliphatic hydroxyl groups excluding tert-OH is 2. The van der Waals surface area contributed by atoms with Crippen LogP contribution in [0.4, 0.5) is 10.5 Å². The van der Waals surface area contributed by atoms with Crippen molar-refractivity contribution in [2.24, 2.45) is 7.05 Å². The molecule has 13 heteroatoms. The van der Waals surface area contributed by atoms with Gasteiger partial charge in [-0.15, -0.1) is 0 Å². The molecule has 5 N–H and O–H groups in total. The first-order chi connectivity index (χ1) is 16.7. The number of hydrogen-bond donors (Lipinski definition) is 5. The molecule has 2 aliphatic carbocycles. The SMILES string of the molecule is Cn1nc(S(=O)(=O)NC(=O)Nc2c3c(cc4c2CCC4N(CCO)CCO)CCC3)cc1C(=O)O. The Morgan fingerprint density at radius 3 is 2.49 bits per heavy atom. The Balaban J connectivity index is 1.61. The number of aromatic carboxylic acids is 1. The number of aromatic nitrogens is 2. The number of rotatable bonds is 9. The van der Waals surface area contributed by atoms with Crippen LogP contribution in [0, 0.1) is 0 Å². The number of fused-ring (bicyclic) bond motifs is 2. The van der Waals surface area contributed by atoms with Crippen LogP contribution in [-0.4, -0.2) is 76.7 Å². The molecule has 0 aliphatic heterocycles. The lowest BCUT2D eigenvalue weighted by Gasteiger charge is -2.29. The number of nitrogens with one attached hydrogen (secondary N) is 2. The molecule has 2 aromatic rings. The van der Waals surface area contributed by atoms with Gasteiger partial charge in [0.05, 0.1) is 13.2 Å². The quantitative estimate of drug-likeness (QED) is 0.322. The number of nitrogens with zero attached hydrogens (tertiary/aromatic N) is 3. The third kappa shape index (κ3) is 4.89. The van der Waals surface area contributed by atoms with Crippen molar-refractivity contribution in [3.63, 3.8) is 0 Å². The normalized spacial score (nSPS) is 16.9. The van der Waals surface area contributed by atoms with Crippen LogP contribution in [0.5, 0.6) is 0 Å². The summed E-state index contributed by atoms with van der Waals surface area (Å²) in [6, 6.07) is 2.04. The van der Waals surface area contributed by atoms with Gasteiger partial charge in [-0.2, -0.15) is 13.5 Å². The topological polar surface area (TPSA) is 174 Å². The summed E-state index contributed by atoms with van der Waals surface area (Å²) < 4.78 is 28.2. The lowest BCUT2D eigenvalue weighted by molar-refractivity contribution is 0.0685. The Bertz CT molecular complexity index is 1250. The van der Waals surface area contributed by atoms with E-state index in [0.29, 0.717) is 25.2 Å². The molecule has 1 aromatic carbocycles. The fourth-order valence-electron chi connectivity index (χ4n) is 5.11. The lowest BCUT2D eigenvalue weighted by Crippen LogP contribution is -2.35. The summed E-state index contributed by atoms with van der Waals surface area (Å²) in [5.41, 5.74) is 4.30. The van der Waals surface area contributed by atoms with E-state index in [4.69, 9.17) is 5.11 Å². The van der Waals surface area contributed by atoms with Gasteiger partial charge in [-0.1, -0.05) is 6.07 Å². The molecule has 1 atom stereocenters. The molecule has 12 nitrogen and oxygen atoms in total. The fourth-order valence-corrected chi connectivity index (χ4v) is 6.01. The predicted octanol–water partition coefficient (Wildman–Crippen LogP) is 0.391. The second-order valence-electron chi connectivity index (χ2n) is 8.70. The van der Waals surface area contributed by atoms with E-state index in [2.05, 4.69) is 16.5 Å². The maximum absolute atomic E-state index is 12.8. The summed E-state index contributed by atoms with van der Waals surface area (Å²) >= 11 is 0. The van der Waals surface area contributed by atoms with Crippen molar-refractivity contribution in [3.8, 4) is 0 Å². The summed E-state index contributed by atoms with van der Waals surface area (Å²) in [6.07, 6.45) is 3.93. The fraction of sp³-hybridized carbons (Fsp3) is 0.500. The first kappa shape index (κ1) is 25.1. The van der Waals surface area contributed by atoms with Gasteiger partial charge in [0.1, 0.15) is 5.69 Å². The van der Waals surface area contributed by atoms with Gasteiger partial charge in [0.2, 0.25) is 0 Å². The Labute approximate surface area is 202 Å². The van der Waals surface area contributed by atoms with Gasteiger partial charge in [-0.3, -0.25) is 9.58 Å². The number of carboxylic acids is 1. The highest BCUT2D eigenvalue weighted by molar-refractivity contribution is 7.90. The maximum atomic E-state index is 12.8. The van der Waals surface area contributed by atoms with E-state index in [-0.39, 0.29) is 24.9 Å². The van der Waals surface area contributed by atoms with Gasteiger partial charge >= 0.3 is 12.0 Å². The molecular formula is C22H29N5O7S. The van der Waals surface area contributed by atoms with Crippen LogP contribution >= 0.6 is 0 Å². The minimum Gasteiger partial charge on any atom is -0.477 e. The molecule has 1 heterocycles. The van der Waals surface area contributed by atoms with Crippen LogP contribution in [0.3, 0.4) is 0 Å². The van der Waals surface area contributed by atoms with Crippen LogP contribution in [0.2, 0.25) is 0 Å². The van der Waals surface area contributed by atoms with Crippen LogP contribution < -0.4 is 10.0 Å². The number of aryl methyl sites for hydroxylation is 2. The minimum absolute atomic E-state index is 0.0227. The summed E-state index contributed by atoms with van der Waals surface area (Å²) in [5.74, 6) is -1.34. The zero-order valence-electron chi connectivity index (χ0n) is 19.3. The molecule has 4 rings (SSSR count). The molecule has 0 fully saturated rings. The Morgan fingerprint density at radius 2 is 1.86 bits per heavy atom. The molecule has 0 saturated heterocycles. The Hall–Kier alpha value is -3.00. The number of amides is 2. The zero-order chi connectivity index (χ0) is 25.3. The van der Waals surface area contributed by atoms with Crippen LogP contribution in [0.15, 0.2) is 17.2 Å². The Kier molecular flexibility index (Phi) is 7.12. The second-order valence-corrected chi connectivity index (χ2v) is 10.3. The molecule has 2 aliphatic rings. The van der Waals surface area contributed by atoms with Gasteiger partial charge in [0.25, 0.3) is 10.0 Å². The predicted molar refractivity (Wildman–Crippen MR) is 125 cm³/mol. The van der Waals surface area contributed by atoms with Crippen molar-refractivity contribution in [2.45, 2.75) is 43.2 Å². The standard InChI is InChI=1S/C22H29N5O7S/c1-26-18(21(30)31)12-19(24-26)35(33,34)25-22(32)23-20-14-4-2-3-13(14)11-16-15(20)5-6-17(16)27(7-9-28)8-10-29/h11-12,17,28-29H,2-10H2,1H3,(H,30,31)(H2,23,25,32). The highest BCUT2D eigenvalue weighted by Gasteiger charge is 2.33. The van der Waals surface area contributed by atoms with E-state index in [1.807, 2.05) is 9.62 Å². The lowest BCUT2D eigenvalue weighted by atomic mass is 9.97. The van der Waals surface area contributed by atoms with Gasteiger partial charge < -0.3 is 20.6 Å². The monoisotopic (exact) mass is 507 g/mol. The average molecular weight is 508 g/mol. The summed E-state index contributed by atoms with van der Waals surface area (Å²) in [4.78, 5) is 26.0. The van der Waals surface area contributed by atoms with E-state index in [9.17, 15) is 28.2 Å². The van der Waals surface area contributed by atoms with Gasteiger partial charge in [0, 0.05) is 37.9 Å². The van der Waals surface area contributed by atoms with Crippen molar-refractivity contribution in [1.29, 1.82) is 0 Å². The molecule has 2 amide bonds. The summed E-state index contributed by atoms with van der Waals surface area (Å²) in [6.45, 7) is 0.732. The highest BCUT2D eigenvalue weighted by atomic mass is 32.2. The molecule has 190 valence electrons. The summed E-state index contributed by atoms with van der Waals surface area (Å²) in [7, 11) is -3.10. The van der Waals surface area contributed by atoms with Crippen LogP contribution in [0.25, 0.3) is 0 Å². The average Bonchev–Trinajstić information content (AvgIpc) is 3.51. The molecule has 0 spiro atoms. The number of carboxylic acid groups (broad SMARTS) is 1. The van der Waals surface area contributed by atoms with Gasteiger partial charge in [-0.25, -0.2) is 14.3 Å².